The molecule has 1 heterocycles. The van der Waals surface area contributed by atoms with Crippen molar-refractivity contribution in [2.75, 3.05) is 19.0 Å². The Morgan fingerprint density at radius 2 is 2.09 bits per heavy atom. The molecule has 2 N–H and O–H groups in total. The number of hydrogen-bond acceptors (Lipinski definition) is 7. The number of methoxy groups -OCH3 is 1. The molecule has 1 aliphatic rings. The lowest BCUT2D eigenvalue weighted by Gasteiger charge is -2.11. The van der Waals surface area contributed by atoms with E-state index in [9.17, 15) is 14.0 Å². The molecule has 0 saturated carbocycles. The highest BCUT2D eigenvalue weighted by molar-refractivity contribution is 9.10. The summed E-state index contributed by atoms with van der Waals surface area (Å²) >= 11 is 4.56. The largest absolute Gasteiger partial charge is 0.493 e. The van der Waals surface area contributed by atoms with Crippen molar-refractivity contribution >= 4 is 56.6 Å². The van der Waals surface area contributed by atoms with Gasteiger partial charge < -0.3 is 20.1 Å². The predicted molar refractivity (Wildman–Crippen MR) is 126 cm³/mol. The minimum absolute atomic E-state index is 0.0559. The lowest BCUT2D eigenvalue weighted by atomic mass is 10.2. The van der Waals surface area contributed by atoms with E-state index in [-0.39, 0.29) is 18.2 Å². The van der Waals surface area contributed by atoms with Gasteiger partial charge in [0.15, 0.2) is 16.7 Å². The maximum absolute atomic E-state index is 13.0. The molecule has 2 aromatic carbocycles. The Bertz CT molecular complexity index is 1060. The number of amidine groups is 1. The van der Waals surface area contributed by atoms with Gasteiger partial charge in [-0.3, -0.25) is 9.59 Å². The lowest BCUT2D eigenvalue weighted by molar-refractivity contribution is -0.122. The van der Waals surface area contributed by atoms with Crippen molar-refractivity contribution in [3.05, 3.63) is 52.3 Å². The average molecular weight is 523 g/mol. The van der Waals surface area contributed by atoms with E-state index in [4.69, 9.17) is 9.47 Å². The number of anilines is 1. The van der Waals surface area contributed by atoms with Gasteiger partial charge in [-0.2, -0.15) is 5.10 Å². The van der Waals surface area contributed by atoms with Crippen molar-refractivity contribution in [2.24, 2.45) is 10.2 Å². The average Bonchev–Trinajstić information content (AvgIpc) is 3.10. The Morgan fingerprint density at radius 3 is 2.78 bits per heavy atom. The molecule has 0 spiro atoms. The number of halogens is 2. The third-order valence-corrected chi connectivity index (χ3v) is 5.83. The quantitative estimate of drug-likeness (QED) is 0.403. The van der Waals surface area contributed by atoms with Crippen molar-refractivity contribution < 1.29 is 23.5 Å². The van der Waals surface area contributed by atoms with Crippen LogP contribution in [0.5, 0.6) is 11.5 Å². The van der Waals surface area contributed by atoms with Crippen LogP contribution in [0.3, 0.4) is 0 Å². The van der Waals surface area contributed by atoms with Gasteiger partial charge in [0.05, 0.1) is 24.4 Å². The molecule has 0 aromatic heterocycles. The van der Waals surface area contributed by atoms with E-state index >= 15 is 0 Å². The molecule has 2 aromatic rings. The van der Waals surface area contributed by atoms with E-state index in [1.165, 1.54) is 30.5 Å². The number of hydrogen-bond donors (Lipinski definition) is 2. The number of nitrogens with one attached hydrogen (secondary N) is 2. The molecule has 1 unspecified atom stereocenters. The van der Waals surface area contributed by atoms with Crippen molar-refractivity contribution in [1.29, 1.82) is 0 Å². The third-order valence-electron chi connectivity index (χ3n) is 4.17. The minimum atomic E-state index is -0.635. The molecule has 0 bridgehead atoms. The molecule has 8 nitrogen and oxygen atoms in total. The van der Waals surface area contributed by atoms with Gasteiger partial charge in [-0.15, -0.1) is 5.10 Å². The fourth-order valence-corrected chi connectivity index (χ4v) is 4.25. The molecule has 168 valence electrons. The highest BCUT2D eigenvalue weighted by atomic mass is 79.9. The Balaban J connectivity index is 1.60. The zero-order valence-electron chi connectivity index (χ0n) is 17.2. The van der Waals surface area contributed by atoms with Gasteiger partial charge in [0.2, 0.25) is 11.8 Å². The number of carbonyl (C=O) groups is 2. The number of amides is 2. The van der Waals surface area contributed by atoms with Gasteiger partial charge in [0.25, 0.3) is 0 Å². The molecule has 0 aliphatic carbocycles. The molecule has 1 fully saturated rings. The number of ether oxygens (including phenoxy) is 2. The molecule has 32 heavy (non-hydrogen) atoms. The van der Waals surface area contributed by atoms with Gasteiger partial charge in [-0.25, -0.2) is 4.39 Å². The van der Waals surface area contributed by atoms with Crippen LogP contribution in [-0.4, -0.2) is 42.2 Å². The first-order valence-corrected chi connectivity index (χ1v) is 11.2. The summed E-state index contributed by atoms with van der Waals surface area (Å²) in [6.07, 6.45) is 1.46. The summed E-state index contributed by atoms with van der Waals surface area (Å²) < 4.78 is 24.6. The predicted octanol–water partition coefficient (Wildman–Crippen LogP) is 3.95. The zero-order chi connectivity index (χ0) is 23.1. The first kappa shape index (κ1) is 23.7. The van der Waals surface area contributed by atoms with Crippen molar-refractivity contribution in [1.82, 2.24) is 5.32 Å². The van der Waals surface area contributed by atoms with Crippen molar-refractivity contribution in [2.45, 2.75) is 18.6 Å². The Morgan fingerprint density at radius 1 is 1.34 bits per heavy atom. The zero-order valence-corrected chi connectivity index (χ0v) is 19.6. The van der Waals surface area contributed by atoms with Gasteiger partial charge in [-0.1, -0.05) is 11.8 Å². The Hall–Kier alpha value is -2.92. The molecular formula is C21H20BrFN4O4S. The van der Waals surface area contributed by atoms with Crippen molar-refractivity contribution in [3.8, 4) is 11.5 Å². The monoisotopic (exact) mass is 522 g/mol. The third kappa shape index (κ3) is 6.30. The van der Waals surface area contributed by atoms with Crippen LogP contribution < -0.4 is 20.1 Å². The van der Waals surface area contributed by atoms with Crippen LogP contribution in [0.1, 0.15) is 18.9 Å². The molecule has 3 rings (SSSR count). The second-order valence-electron chi connectivity index (χ2n) is 6.47. The van der Waals surface area contributed by atoms with E-state index in [1.807, 2.05) is 6.92 Å². The summed E-state index contributed by atoms with van der Waals surface area (Å²) in [5.74, 6) is 0.0557. The van der Waals surface area contributed by atoms with E-state index in [2.05, 4.69) is 36.8 Å². The summed E-state index contributed by atoms with van der Waals surface area (Å²) in [5, 5.41) is 12.9. The van der Waals surface area contributed by atoms with Crippen molar-refractivity contribution in [3.63, 3.8) is 0 Å². The van der Waals surface area contributed by atoms with Crippen LogP contribution in [0.4, 0.5) is 10.1 Å². The normalized spacial score (nSPS) is 16.9. The van der Waals surface area contributed by atoms with Crippen LogP contribution in [0.2, 0.25) is 0 Å². The number of carbonyl (C=O) groups excluding carboxylic acids is 2. The number of thioether (sulfide) groups is 1. The molecular weight excluding hydrogens is 503 g/mol. The molecule has 1 saturated heterocycles. The minimum Gasteiger partial charge on any atom is -0.493 e. The van der Waals surface area contributed by atoms with Crippen LogP contribution in [0.15, 0.2) is 51.1 Å². The molecule has 11 heteroatoms. The van der Waals surface area contributed by atoms with Crippen LogP contribution in [0.25, 0.3) is 0 Å². The number of benzene rings is 2. The second-order valence-corrected chi connectivity index (χ2v) is 8.52. The summed E-state index contributed by atoms with van der Waals surface area (Å²) in [6, 6.07) is 8.94. The van der Waals surface area contributed by atoms with Gasteiger partial charge in [0.1, 0.15) is 11.1 Å². The standard InChI is InChI=1S/C21H20BrFN4O4S/c1-3-31-19-15(22)8-12(9-16(19)30-2)11-24-27-21-26-20(29)17(32-21)10-18(28)25-14-6-4-13(23)5-7-14/h4-9,11,17H,3,10H2,1-2H3,(H,25,28)(H,26,27,29). The fourth-order valence-electron chi connectivity index (χ4n) is 2.75. The van der Waals surface area contributed by atoms with E-state index in [0.29, 0.717) is 39.0 Å². The first-order valence-electron chi connectivity index (χ1n) is 9.54. The lowest BCUT2D eigenvalue weighted by Crippen LogP contribution is -2.28. The van der Waals surface area contributed by atoms with Crippen LogP contribution in [-0.2, 0) is 9.59 Å². The molecule has 1 aliphatic heterocycles. The Labute approximate surface area is 196 Å². The second kappa shape index (κ2) is 11.1. The van der Waals surface area contributed by atoms with Gasteiger partial charge in [-0.05, 0) is 64.8 Å². The van der Waals surface area contributed by atoms with Gasteiger partial charge >= 0.3 is 0 Å². The number of rotatable bonds is 8. The highest BCUT2D eigenvalue weighted by Gasteiger charge is 2.32. The summed E-state index contributed by atoms with van der Waals surface area (Å²) in [6.45, 7) is 2.38. The molecule has 0 radical (unpaired) electrons. The number of nitrogens with zero attached hydrogens (tertiary/aromatic N) is 2. The first-order chi connectivity index (χ1) is 15.4. The maximum Gasteiger partial charge on any atom is 0.240 e. The Kier molecular flexibility index (Phi) is 8.23. The summed E-state index contributed by atoms with van der Waals surface area (Å²) in [5.41, 5.74) is 1.17. The highest BCUT2D eigenvalue weighted by Crippen LogP contribution is 2.36. The summed E-state index contributed by atoms with van der Waals surface area (Å²) in [4.78, 5) is 24.3. The maximum atomic E-state index is 13.0. The topological polar surface area (TPSA) is 101 Å². The summed E-state index contributed by atoms with van der Waals surface area (Å²) in [7, 11) is 1.54. The van der Waals surface area contributed by atoms with Gasteiger partial charge in [0, 0.05) is 12.1 Å². The van der Waals surface area contributed by atoms with E-state index < -0.39 is 11.1 Å². The van der Waals surface area contributed by atoms with Crippen LogP contribution >= 0.6 is 27.7 Å². The molecule has 1 atom stereocenters. The SMILES string of the molecule is CCOc1c(Br)cc(C=NN=C2NC(=O)C(CC(=O)Nc3ccc(F)cc3)S2)cc1OC. The van der Waals surface area contributed by atoms with Crippen LogP contribution in [0, 0.1) is 5.82 Å². The fraction of sp³-hybridized carbons (Fsp3) is 0.238. The van der Waals surface area contributed by atoms with E-state index in [1.54, 1.807) is 19.2 Å². The molecule has 2 amide bonds. The smallest absolute Gasteiger partial charge is 0.240 e. The van der Waals surface area contributed by atoms with E-state index in [0.717, 1.165) is 11.8 Å².